The van der Waals surface area contributed by atoms with Gasteiger partial charge < -0.3 is 9.47 Å². The third-order valence-electron chi connectivity index (χ3n) is 2.66. The molecule has 0 N–H and O–H groups in total. The van der Waals surface area contributed by atoms with Gasteiger partial charge >= 0.3 is 11.8 Å². The molecular weight excluding hydrogens is 192 g/mol. The van der Waals surface area contributed by atoms with Gasteiger partial charge in [-0.3, -0.25) is 0 Å². The lowest BCUT2D eigenvalue weighted by molar-refractivity contribution is -0.698. The van der Waals surface area contributed by atoms with Gasteiger partial charge in [0.2, 0.25) is 6.33 Å². The molecule has 0 saturated carbocycles. The minimum Gasteiger partial charge on any atom is -0.457 e. The molecule has 4 heteroatoms. The summed E-state index contributed by atoms with van der Waals surface area (Å²) in [6.45, 7) is 8.78. The predicted octanol–water partition coefficient (Wildman–Crippen LogP) is 1.54. The molecule has 0 unspecified atom stereocenters. The molecule has 84 valence electrons. The number of nitrogens with zero attached hydrogens (tertiary/aromatic N) is 2. The fourth-order valence-corrected chi connectivity index (χ4v) is 1.79. The van der Waals surface area contributed by atoms with Crippen LogP contribution in [0.2, 0.25) is 0 Å². The van der Waals surface area contributed by atoms with E-state index in [-0.39, 0.29) is 0 Å². The molecule has 1 aromatic rings. The second-order valence-corrected chi connectivity index (χ2v) is 3.93. The lowest BCUT2D eigenvalue weighted by Gasteiger charge is -2.02. The van der Waals surface area contributed by atoms with Gasteiger partial charge in [-0.15, -0.1) is 0 Å². The van der Waals surface area contributed by atoms with Gasteiger partial charge in [-0.1, -0.05) is 6.92 Å². The Balaban J connectivity index is 2.30. The average molecular weight is 211 g/mol. The van der Waals surface area contributed by atoms with Crippen molar-refractivity contribution >= 4 is 0 Å². The molecule has 4 nitrogen and oxygen atoms in total. The zero-order chi connectivity index (χ0) is 10.8. The Morgan fingerprint density at radius 1 is 1.60 bits per heavy atom. The van der Waals surface area contributed by atoms with E-state index in [1.807, 2.05) is 0 Å². The highest BCUT2D eigenvalue weighted by Crippen LogP contribution is 2.32. The fourth-order valence-electron chi connectivity index (χ4n) is 1.79. The monoisotopic (exact) mass is 211 g/mol. The summed E-state index contributed by atoms with van der Waals surface area (Å²) >= 11 is 0. The summed E-state index contributed by atoms with van der Waals surface area (Å²) in [5.41, 5.74) is 0. The van der Waals surface area contributed by atoms with Crippen molar-refractivity contribution in [3.8, 4) is 11.8 Å². The molecule has 1 aliphatic rings. The van der Waals surface area contributed by atoms with Crippen molar-refractivity contribution in [2.75, 3.05) is 13.2 Å². The number of aromatic nitrogens is 2. The summed E-state index contributed by atoms with van der Waals surface area (Å²) in [6.07, 6.45) is 3.10. The number of fused-ring (bicyclic) bond motifs is 1. The Morgan fingerprint density at radius 3 is 3.07 bits per heavy atom. The minimum absolute atomic E-state index is 0.414. The normalized spacial score (nSPS) is 18.7. The highest BCUT2D eigenvalue weighted by Gasteiger charge is 2.34. The Morgan fingerprint density at radius 2 is 2.40 bits per heavy atom. The Bertz CT molecular complexity index is 347. The van der Waals surface area contributed by atoms with Crippen LogP contribution in [0.4, 0.5) is 0 Å². The van der Waals surface area contributed by atoms with E-state index in [0.29, 0.717) is 6.04 Å². The highest BCUT2D eigenvalue weighted by molar-refractivity contribution is 5.24. The summed E-state index contributed by atoms with van der Waals surface area (Å²) in [5, 5.41) is 0. The summed E-state index contributed by atoms with van der Waals surface area (Å²) < 4.78 is 15.6. The number of hydrogen-bond donors (Lipinski definition) is 0. The second kappa shape index (κ2) is 4.13. The van der Waals surface area contributed by atoms with Gasteiger partial charge in [0.1, 0.15) is 12.6 Å². The molecule has 1 aromatic heterocycles. The van der Waals surface area contributed by atoms with Gasteiger partial charge in [0.25, 0.3) is 0 Å². The van der Waals surface area contributed by atoms with Crippen LogP contribution in [0.25, 0.3) is 0 Å². The van der Waals surface area contributed by atoms with Gasteiger partial charge in [0.05, 0.1) is 13.2 Å². The fraction of sp³-hybridized carbons (Fsp3) is 0.727. The van der Waals surface area contributed by atoms with Gasteiger partial charge in [0, 0.05) is 0 Å². The van der Waals surface area contributed by atoms with Crippen LogP contribution < -0.4 is 14.0 Å². The molecule has 0 bridgehead atoms. The van der Waals surface area contributed by atoms with Crippen LogP contribution in [0.1, 0.15) is 33.2 Å². The number of imidazole rings is 1. The molecule has 15 heavy (non-hydrogen) atoms. The molecule has 1 aliphatic heterocycles. The van der Waals surface area contributed by atoms with Crippen molar-refractivity contribution < 1.29 is 14.0 Å². The van der Waals surface area contributed by atoms with E-state index in [1.165, 1.54) is 0 Å². The molecule has 2 heterocycles. The van der Waals surface area contributed by atoms with E-state index in [1.54, 1.807) is 0 Å². The van der Waals surface area contributed by atoms with Gasteiger partial charge in [-0.2, -0.15) is 9.13 Å². The average Bonchev–Trinajstić information content (AvgIpc) is 2.76. The van der Waals surface area contributed by atoms with Crippen molar-refractivity contribution in [1.29, 1.82) is 0 Å². The molecule has 0 amide bonds. The van der Waals surface area contributed by atoms with Crippen LogP contribution in [0.5, 0.6) is 11.8 Å². The van der Waals surface area contributed by atoms with Gasteiger partial charge in [0.15, 0.2) is 0 Å². The van der Waals surface area contributed by atoms with Crippen molar-refractivity contribution in [1.82, 2.24) is 4.57 Å². The molecule has 0 spiro atoms. The molecule has 0 saturated heterocycles. The Labute approximate surface area is 90.4 Å². The standard InChI is InChI=1S/C11H19N2O2/c1-4-6-14-10-11-13(8-12(10)5-2)9(3)7-15-11/h8-9H,4-7H2,1-3H3/q+1/t9-/m0/s1. The van der Waals surface area contributed by atoms with Gasteiger partial charge in [-0.25, -0.2) is 0 Å². The maximum absolute atomic E-state index is 5.73. The number of ether oxygens (including phenoxy) is 2. The van der Waals surface area contributed by atoms with E-state index in [2.05, 4.69) is 36.2 Å². The molecule has 0 aliphatic carbocycles. The zero-order valence-corrected chi connectivity index (χ0v) is 9.69. The highest BCUT2D eigenvalue weighted by atomic mass is 16.5. The molecule has 2 rings (SSSR count). The van der Waals surface area contributed by atoms with Crippen LogP contribution in [0, 0.1) is 0 Å². The first-order chi connectivity index (χ1) is 7.27. The van der Waals surface area contributed by atoms with E-state index in [4.69, 9.17) is 9.47 Å². The van der Waals surface area contributed by atoms with Crippen LogP contribution >= 0.6 is 0 Å². The molecule has 0 fully saturated rings. The number of rotatable bonds is 4. The topological polar surface area (TPSA) is 27.3 Å². The van der Waals surface area contributed by atoms with Crippen LogP contribution in [-0.2, 0) is 6.54 Å². The summed E-state index contributed by atoms with van der Waals surface area (Å²) in [4.78, 5) is 0. The van der Waals surface area contributed by atoms with Crippen LogP contribution in [0.3, 0.4) is 0 Å². The quantitative estimate of drug-likeness (QED) is 0.706. The smallest absolute Gasteiger partial charge is 0.373 e. The maximum atomic E-state index is 5.73. The minimum atomic E-state index is 0.414. The van der Waals surface area contributed by atoms with Gasteiger partial charge in [-0.05, 0) is 20.3 Å². The molecule has 0 radical (unpaired) electrons. The first-order valence-electron chi connectivity index (χ1n) is 5.67. The van der Waals surface area contributed by atoms with Crippen molar-refractivity contribution in [2.24, 2.45) is 0 Å². The zero-order valence-electron chi connectivity index (χ0n) is 9.69. The second-order valence-electron chi connectivity index (χ2n) is 3.93. The van der Waals surface area contributed by atoms with Crippen molar-refractivity contribution in [3.63, 3.8) is 0 Å². The summed E-state index contributed by atoms with van der Waals surface area (Å²) in [6, 6.07) is 0.414. The molecule has 1 atom stereocenters. The summed E-state index contributed by atoms with van der Waals surface area (Å²) in [7, 11) is 0. The first-order valence-corrected chi connectivity index (χ1v) is 5.67. The SMILES string of the molecule is CCCOc1c2n(c[n+]1CC)[C@@H](C)CO2. The maximum Gasteiger partial charge on any atom is 0.373 e. The third-order valence-corrected chi connectivity index (χ3v) is 2.66. The largest absolute Gasteiger partial charge is 0.457 e. The number of aryl methyl sites for hydroxylation is 1. The molecule has 0 aromatic carbocycles. The van der Waals surface area contributed by atoms with E-state index in [0.717, 1.165) is 37.9 Å². The van der Waals surface area contributed by atoms with Crippen molar-refractivity contribution in [2.45, 2.75) is 39.8 Å². The lowest BCUT2D eigenvalue weighted by atomic mass is 10.4. The molecular formula is C11H19N2O2+. The van der Waals surface area contributed by atoms with E-state index >= 15 is 0 Å². The Hall–Kier alpha value is -1.19. The van der Waals surface area contributed by atoms with Crippen LogP contribution in [-0.4, -0.2) is 17.8 Å². The van der Waals surface area contributed by atoms with Crippen molar-refractivity contribution in [3.05, 3.63) is 6.33 Å². The van der Waals surface area contributed by atoms with Crippen LogP contribution in [0.15, 0.2) is 6.33 Å². The van der Waals surface area contributed by atoms with E-state index < -0.39 is 0 Å². The predicted molar refractivity (Wildman–Crippen MR) is 56.3 cm³/mol. The number of hydrogen-bond acceptors (Lipinski definition) is 2. The Kier molecular flexibility index (Phi) is 2.84. The summed E-state index contributed by atoms with van der Waals surface area (Å²) in [5.74, 6) is 1.77. The lowest BCUT2D eigenvalue weighted by Crippen LogP contribution is -2.33. The third kappa shape index (κ3) is 1.68. The van der Waals surface area contributed by atoms with E-state index in [9.17, 15) is 0 Å². The first kappa shape index (κ1) is 10.3.